The number of hydrogen-bond acceptors (Lipinski definition) is 2. The zero-order chi connectivity index (χ0) is 12.7. The van der Waals surface area contributed by atoms with Gasteiger partial charge in [0.25, 0.3) is 0 Å². The SMILES string of the molecule is Cc1ccc(CNCCCCC(N)=O)cc1C. The van der Waals surface area contributed by atoms with Crippen LogP contribution in [-0.4, -0.2) is 12.5 Å². The van der Waals surface area contributed by atoms with Gasteiger partial charge in [-0.1, -0.05) is 18.2 Å². The third-order valence-corrected chi connectivity index (χ3v) is 2.93. The molecule has 1 rings (SSSR count). The van der Waals surface area contributed by atoms with Crippen molar-refractivity contribution in [3.05, 3.63) is 34.9 Å². The third kappa shape index (κ3) is 5.50. The minimum Gasteiger partial charge on any atom is -0.370 e. The first-order valence-corrected chi connectivity index (χ1v) is 6.15. The van der Waals surface area contributed by atoms with Crippen LogP contribution in [0.3, 0.4) is 0 Å². The molecule has 3 N–H and O–H groups in total. The largest absolute Gasteiger partial charge is 0.370 e. The summed E-state index contributed by atoms with van der Waals surface area (Å²) < 4.78 is 0. The molecule has 0 saturated carbocycles. The van der Waals surface area contributed by atoms with Gasteiger partial charge in [-0.2, -0.15) is 0 Å². The second-order valence-corrected chi connectivity index (χ2v) is 4.52. The van der Waals surface area contributed by atoms with Crippen LogP contribution in [0.4, 0.5) is 0 Å². The van der Waals surface area contributed by atoms with E-state index in [-0.39, 0.29) is 5.91 Å². The van der Waals surface area contributed by atoms with Crippen LogP contribution in [0, 0.1) is 13.8 Å². The lowest BCUT2D eigenvalue weighted by Gasteiger charge is -2.07. The number of nitrogens with one attached hydrogen (secondary N) is 1. The lowest BCUT2D eigenvalue weighted by molar-refractivity contribution is -0.118. The number of rotatable bonds is 7. The number of hydrogen-bond donors (Lipinski definition) is 2. The first kappa shape index (κ1) is 13.7. The number of carbonyl (C=O) groups excluding carboxylic acids is 1. The van der Waals surface area contributed by atoms with Gasteiger partial charge in [0.05, 0.1) is 0 Å². The number of unbranched alkanes of at least 4 members (excludes halogenated alkanes) is 1. The van der Waals surface area contributed by atoms with Crippen LogP contribution < -0.4 is 11.1 Å². The minimum absolute atomic E-state index is 0.209. The number of carbonyl (C=O) groups is 1. The summed E-state index contributed by atoms with van der Waals surface area (Å²) in [6.45, 7) is 6.07. The molecule has 0 radical (unpaired) electrons. The predicted octanol–water partition coefficient (Wildman–Crippen LogP) is 2.05. The van der Waals surface area contributed by atoms with Crippen molar-refractivity contribution in [1.29, 1.82) is 0 Å². The van der Waals surface area contributed by atoms with Crippen molar-refractivity contribution in [3.63, 3.8) is 0 Å². The van der Waals surface area contributed by atoms with Crippen molar-refractivity contribution < 1.29 is 4.79 Å². The van der Waals surface area contributed by atoms with Crippen molar-refractivity contribution in [3.8, 4) is 0 Å². The van der Waals surface area contributed by atoms with Crippen LogP contribution in [0.2, 0.25) is 0 Å². The average molecular weight is 234 g/mol. The molecule has 0 aliphatic carbocycles. The van der Waals surface area contributed by atoms with Crippen LogP contribution in [0.15, 0.2) is 18.2 Å². The van der Waals surface area contributed by atoms with Gasteiger partial charge in [0.2, 0.25) is 5.91 Å². The standard InChI is InChI=1S/C14H22N2O/c1-11-6-7-13(9-12(11)2)10-16-8-4-3-5-14(15)17/h6-7,9,16H,3-5,8,10H2,1-2H3,(H2,15,17). The molecule has 0 atom stereocenters. The summed E-state index contributed by atoms with van der Waals surface area (Å²) in [6, 6.07) is 6.52. The third-order valence-electron chi connectivity index (χ3n) is 2.93. The van der Waals surface area contributed by atoms with E-state index in [1.54, 1.807) is 0 Å². The molecule has 0 aromatic heterocycles. The fraction of sp³-hybridized carbons (Fsp3) is 0.500. The van der Waals surface area contributed by atoms with Crippen molar-refractivity contribution in [2.24, 2.45) is 5.73 Å². The molecular weight excluding hydrogens is 212 g/mol. The van der Waals surface area contributed by atoms with Gasteiger partial charge in [-0.3, -0.25) is 4.79 Å². The highest BCUT2D eigenvalue weighted by atomic mass is 16.1. The minimum atomic E-state index is -0.209. The topological polar surface area (TPSA) is 55.1 Å². The molecule has 17 heavy (non-hydrogen) atoms. The Morgan fingerprint density at radius 2 is 2.00 bits per heavy atom. The van der Waals surface area contributed by atoms with Crippen molar-refractivity contribution >= 4 is 5.91 Å². The monoisotopic (exact) mass is 234 g/mol. The second-order valence-electron chi connectivity index (χ2n) is 4.52. The number of benzene rings is 1. The second kappa shape index (κ2) is 7.07. The van der Waals surface area contributed by atoms with E-state index in [1.165, 1.54) is 16.7 Å². The number of amides is 1. The zero-order valence-electron chi connectivity index (χ0n) is 10.8. The van der Waals surface area contributed by atoms with Gasteiger partial charge in [0, 0.05) is 13.0 Å². The van der Waals surface area contributed by atoms with E-state index in [9.17, 15) is 4.79 Å². The summed E-state index contributed by atoms with van der Waals surface area (Å²) in [5, 5.41) is 3.37. The molecular formula is C14H22N2O. The van der Waals surface area contributed by atoms with E-state index in [1.807, 2.05) is 0 Å². The van der Waals surface area contributed by atoms with E-state index in [2.05, 4.69) is 37.4 Å². The Morgan fingerprint density at radius 1 is 1.24 bits per heavy atom. The number of primary amides is 1. The summed E-state index contributed by atoms with van der Waals surface area (Å²) in [7, 11) is 0. The molecule has 0 saturated heterocycles. The number of aryl methyl sites for hydroxylation is 2. The van der Waals surface area contributed by atoms with E-state index in [4.69, 9.17) is 5.73 Å². The lowest BCUT2D eigenvalue weighted by atomic mass is 10.1. The molecule has 0 heterocycles. The molecule has 0 aliphatic rings. The van der Waals surface area contributed by atoms with Gasteiger partial charge >= 0.3 is 0 Å². The molecule has 94 valence electrons. The molecule has 1 aromatic carbocycles. The highest BCUT2D eigenvalue weighted by Crippen LogP contribution is 2.09. The molecule has 3 nitrogen and oxygen atoms in total. The molecule has 0 bridgehead atoms. The highest BCUT2D eigenvalue weighted by Gasteiger charge is 1.97. The van der Waals surface area contributed by atoms with Crippen molar-refractivity contribution in [2.75, 3.05) is 6.54 Å². The maximum absolute atomic E-state index is 10.5. The molecule has 1 aromatic rings. The fourth-order valence-electron chi connectivity index (χ4n) is 1.70. The molecule has 3 heteroatoms. The van der Waals surface area contributed by atoms with Crippen LogP contribution >= 0.6 is 0 Å². The van der Waals surface area contributed by atoms with Crippen LogP contribution in [-0.2, 0) is 11.3 Å². The van der Waals surface area contributed by atoms with Gasteiger partial charge < -0.3 is 11.1 Å². The van der Waals surface area contributed by atoms with Gasteiger partial charge in [0.15, 0.2) is 0 Å². The zero-order valence-corrected chi connectivity index (χ0v) is 10.8. The van der Waals surface area contributed by atoms with Crippen molar-refractivity contribution in [1.82, 2.24) is 5.32 Å². The van der Waals surface area contributed by atoms with Crippen LogP contribution in [0.25, 0.3) is 0 Å². The first-order valence-electron chi connectivity index (χ1n) is 6.15. The molecule has 0 fully saturated rings. The Balaban J connectivity index is 2.18. The molecule has 0 spiro atoms. The van der Waals surface area contributed by atoms with Crippen molar-refractivity contribution in [2.45, 2.75) is 39.7 Å². The van der Waals surface area contributed by atoms with E-state index in [0.29, 0.717) is 6.42 Å². The first-order chi connectivity index (χ1) is 8.09. The molecule has 1 amide bonds. The summed E-state index contributed by atoms with van der Waals surface area (Å²) in [6.07, 6.45) is 2.36. The fourth-order valence-corrected chi connectivity index (χ4v) is 1.70. The summed E-state index contributed by atoms with van der Waals surface area (Å²) in [5.41, 5.74) is 9.04. The Hall–Kier alpha value is -1.35. The van der Waals surface area contributed by atoms with E-state index < -0.39 is 0 Å². The Bertz CT molecular complexity index is 374. The maximum Gasteiger partial charge on any atom is 0.217 e. The van der Waals surface area contributed by atoms with Gasteiger partial charge in [0.1, 0.15) is 0 Å². The quantitative estimate of drug-likeness (QED) is 0.709. The average Bonchev–Trinajstić information content (AvgIpc) is 2.27. The molecule has 0 aliphatic heterocycles. The van der Waals surface area contributed by atoms with Gasteiger partial charge in [-0.05, 0) is 49.9 Å². The lowest BCUT2D eigenvalue weighted by Crippen LogP contribution is -2.16. The predicted molar refractivity (Wildman–Crippen MR) is 70.7 cm³/mol. The van der Waals surface area contributed by atoms with E-state index in [0.717, 1.165) is 25.9 Å². The summed E-state index contributed by atoms with van der Waals surface area (Å²) in [5.74, 6) is -0.209. The van der Waals surface area contributed by atoms with Gasteiger partial charge in [-0.15, -0.1) is 0 Å². The highest BCUT2D eigenvalue weighted by molar-refractivity contribution is 5.73. The maximum atomic E-state index is 10.5. The normalized spacial score (nSPS) is 10.5. The van der Waals surface area contributed by atoms with Crippen LogP contribution in [0.1, 0.15) is 36.0 Å². The summed E-state index contributed by atoms with van der Waals surface area (Å²) in [4.78, 5) is 10.5. The Labute approximate surface area is 103 Å². The number of nitrogens with two attached hydrogens (primary N) is 1. The van der Waals surface area contributed by atoms with E-state index >= 15 is 0 Å². The smallest absolute Gasteiger partial charge is 0.217 e. The Morgan fingerprint density at radius 3 is 2.65 bits per heavy atom. The molecule has 0 unspecified atom stereocenters. The Kier molecular flexibility index (Phi) is 5.70. The van der Waals surface area contributed by atoms with Gasteiger partial charge in [-0.25, -0.2) is 0 Å². The van der Waals surface area contributed by atoms with Crippen LogP contribution in [0.5, 0.6) is 0 Å². The summed E-state index contributed by atoms with van der Waals surface area (Å²) >= 11 is 0.